The van der Waals surface area contributed by atoms with E-state index in [0.29, 0.717) is 31.8 Å². The van der Waals surface area contributed by atoms with Crippen molar-refractivity contribution in [1.82, 2.24) is 0 Å². The number of rotatable bonds is 7. The van der Waals surface area contributed by atoms with E-state index >= 15 is 0 Å². The smallest absolute Gasteiger partial charge is 0.293 e. The van der Waals surface area contributed by atoms with Gasteiger partial charge in [-0.25, -0.2) is 0 Å². The Morgan fingerprint density at radius 3 is 1.70 bits per heavy atom. The third kappa shape index (κ3) is 16.6. The van der Waals surface area contributed by atoms with Crippen LogP contribution in [0.1, 0.15) is 67.2 Å². The summed E-state index contributed by atoms with van der Waals surface area (Å²) in [5.41, 5.74) is -0.728. The quantitative estimate of drug-likeness (QED) is 0.659. The maximum Gasteiger partial charge on any atom is 0.293 e. The molecule has 0 saturated heterocycles. The molecular formula is C16H31NO3. The molecule has 0 aliphatic rings. The van der Waals surface area contributed by atoms with Gasteiger partial charge in [-0.1, -0.05) is 47.5 Å². The number of nitrogens with zero attached hydrogens (tertiary/aromatic N) is 1. The molecule has 0 fully saturated rings. The van der Waals surface area contributed by atoms with Crippen LogP contribution in [0.4, 0.5) is 0 Å². The van der Waals surface area contributed by atoms with Crippen LogP contribution in [0.2, 0.25) is 0 Å². The second-order valence-electron chi connectivity index (χ2n) is 4.89. The van der Waals surface area contributed by atoms with Crippen molar-refractivity contribution < 1.29 is 14.3 Å². The molecule has 1 unspecified atom stereocenters. The van der Waals surface area contributed by atoms with Crippen molar-refractivity contribution in [2.24, 2.45) is 11.3 Å². The van der Waals surface area contributed by atoms with Gasteiger partial charge in [0.05, 0.1) is 12.7 Å². The molecule has 0 amide bonds. The Balaban J connectivity index is -0.000000266. The molecule has 0 radical (unpaired) electrons. The second kappa shape index (κ2) is 17.6. The summed E-state index contributed by atoms with van der Waals surface area (Å²) in [7, 11) is 0. The molecule has 0 rings (SSSR count). The summed E-state index contributed by atoms with van der Waals surface area (Å²) in [4.78, 5) is 19.8. The molecule has 20 heavy (non-hydrogen) atoms. The number of nitriles is 1. The van der Waals surface area contributed by atoms with Crippen LogP contribution in [0.3, 0.4) is 0 Å². The molecule has 0 aliphatic carbocycles. The van der Waals surface area contributed by atoms with Crippen LogP contribution >= 0.6 is 0 Å². The molecule has 0 N–H and O–H groups in total. The Morgan fingerprint density at radius 2 is 1.65 bits per heavy atom. The van der Waals surface area contributed by atoms with E-state index in [2.05, 4.69) is 24.7 Å². The molecule has 0 spiro atoms. The minimum Gasteiger partial charge on any atom is -0.468 e. The van der Waals surface area contributed by atoms with Crippen molar-refractivity contribution in [1.29, 1.82) is 5.26 Å². The van der Waals surface area contributed by atoms with E-state index in [4.69, 9.17) is 5.26 Å². The van der Waals surface area contributed by atoms with E-state index in [0.717, 1.165) is 6.29 Å². The van der Waals surface area contributed by atoms with E-state index in [9.17, 15) is 9.59 Å². The van der Waals surface area contributed by atoms with Crippen molar-refractivity contribution in [2.75, 3.05) is 6.61 Å². The fourth-order valence-electron chi connectivity index (χ4n) is 1.22. The summed E-state index contributed by atoms with van der Waals surface area (Å²) in [6.45, 7) is 12.9. The molecule has 118 valence electrons. The lowest BCUT2D eigenvalue weighted by Crippen LogP contribution is -2.21. The maximum absolute atomic E-state index is 10.6. The normalized spacial score (nSPS) is 11.7. The van der Waals surface area contributed by atoms with Crippen LogP contribution in [0, 0.1) is 22.7 Å². The third-order valence-corrected chi connectivity index (χ3v) is 2.59. The van der Waals surface area contributed by atoms with Gasteiger partial charge in [-0.15, -0.1) is 0 Å². The van der Waals surface area contributed by atoms with Gasteiger partial charge in [0.15, 0.2) is 0 Å². The summed E-state index contributed by atoms with van der Waals surface area (Å²) in [6, 6.07) is 2.08. The highest BCUT2D eigenvalue weighted by atomic mass is 16.5. The lowest BCUT2D eigenvalue weighted by molar-refractivity contribution is -0.128. The zero-order chi connectivity index (χ0) is 16.4. The van der Waals surface area contributed by atoms with Gasteiger partial charge in [-0.3, -0.25) is 4.79 Å². The van der Waals surface area contributed by atoms with E-state index in [1.165, 1.54) is 12.8 Å². The van der Waals surface area contributed by atoms with E-state index in [-0.39, 0.29) is 0 Å². The van der Waals surface area contributed by atoms with Crippen molar-refractivity contribution in [3.8, 4) is 6.07 Å². The summed E-state index contributed by atoms with van der Waals surface area (Å²) in [5.74, 6) is 0.403. The summed E-state index contributed by atoms with van der Waals surface area (Å²) in [5, 5.41) is 8.74. The van der Waals surface area contributed by atoms with Crippen LogP contribution < -0.4 is 0 Å². The first-order chi connectivity index (χ1) is 9.43. The van der Waals surface area contributed by atoms with Crippen LogP contribution in [0.15, 0.2) is 0 Å². The molecule has 0 saturated carbocycles. The topological polar surface area (TPSA) is 67.2 Å². The minimum atomic E-state index is -0.728. The number of hydrogen-bond acceptors (Lipinski definition) is 4. The van der Waals surface area contributed by atoms with E-state index < -0.39 is 5.41 Å². The standard InChI is InChI=1S/C9H15NO.C4H10.C3H6O2/c1-4-9(6-10,7-11)5-8(2)3;1-3-4-2;1-2-5-3-4/h7-8H,4-5H2,1-3H3;3-4H2,1-2H3;3H,2H2,1H3. The van der Waals surface area contributed by atoms with Gasteiger partial charge < -0.3 is 9.53 Å². The van der Waals surface area contributed by atoms with Crippen LogP contribution in [0.5, 0.6) is 0 Å². The zero-order valence-corrected chi connectivity index (χ0v) is 13.9. The lowest BCUT2D eigenvalue weighted by atomic mass is 9.81. The Labute approximate surface area is 124 Å². The highest BCUT2D eigenvalue weighted by Crippen LogP contribution is 2.26. The number of hydrogen-bond donors (Lipinski definition) is 0. The Hall–Kier alpha value is -1.37. The number of ether oxygens (including phenoxy) is 1. The molecule has 0 aromatic carbocycles. The SMILES string of the molecule is CCC(C#N)(C=O)CC(C)C.CCCC.CCOC=O. The number of carbonyl (C=O) groups excluding carboxylic acids is 2. The lowest BCUT2D eigenvalue weighted by Gasteiger charge is -2.19. The number of carbonyl (C=O) groups is 2. The van der Waals surface area contributed by atoms with Gasteiger partial charge in [-0.05, 0) is 25.7 Å². The van der Waals surface area contributed by atoms with Crippen LogP contribution in [0.25, 0.3) is 0 Å². The van der Waals surface area contributed by atoms with Crippen molar-refractivity contribution in [2.45, 2.75) is 67.2 Å². The second-order valence-corrected chi connectivity index (χ2v) is 4.89. The molecule has 4 heteroatoms. The molecular weight excluding hydrogens is 254 g/mol. The highest BCUT2D eigenvalue weighted by Gasteiger charge is 2.27. The Morgan fingerprint density at radius 1 is 1.15 bits per heavy atom. The molecule has 0 aromatic heterocycles. The van der Waals surface area contributed by atoms with Gasteiger partial charge in [0.2, 0.25) is 0 Å². The van der Waals surface area contributed by atoms with Gasteiger partial charge in [0.25, 0.3) is 6.47 Å². The average molecular weight is 285 g/mol. The molecule has 4 nitrogen and oxygen atoms in total. The molecule has 0 bridgehead atoms. The minimum absolute atomic E-state index is 0.403. The predicted molar refractivity (Wildman–Crippen MR) is 82.1 cm³/mol. The summed E-state index contributed by atoms with van der Waals surface area (Å²) >= 11 is 0. The van der Waals surface area contributed by atoms with Gasteiger partial charge >= 0.3 is 0 Å². The van der Waals surface area contributed by atoms with E-state index in [1.807, 2.05) is 20.8 Å². The zero-order valence-electron chi connectivity index (χ0n) is 13.9. The van der Waals surface area contributed by atoms with Gasteiger partial charge in [0, 0.05) is 0 Å². The number of unbranched alkanes of at least 4 members (excludes halogenated alkanes) is 1. The first-order valence-corrected chi connectivity index (χ1v) is 7.36. The third-order valence-electron chi connectivity index (χ3n) is 2.59. The van der Waals surface area contributed by atoms with Gasteiger partial charge in [-0.2, -0.15) is 5.26 Å². The van der Waals surface area contributed by atoms with E-state index in [1.54, 1.807) is 6.92 Å². The maximum atomic E-state index is 10.6. The first-order valence-electron chi connectivity index (χ1n) is 7.36. The Kier molecular flexibility index (Phi) is 20.9. The van der Waals surface area contributed by atoms with Crippen molar-refractivity contribution in [3.05, 3.63) is 0 Å². The molecule has 0 aliphatic heterocycles. The predicted octanol–water partition coefficient (Wildman–Crippen LogP) is 4.14. The van der Waals surface area contributed by atoms with Crippen molar-refractivity contribution in [3.63, 3.8) is 0 Å². The fourth-order valence-corrected chi connectivity index (χ4v) is 1.22. The molecule has 0 aromatic rings. The number of aldehydes is 1. The monoisotopic (exact) mass is 285 g/mol. The Bertz CT molecular complexity index is 257. The first kappa shape index (κ1) is 23.7. The van der Waals surface area contributed by atoms with Crippen molar-refractivity contribution >= 4 is 12.8 Å². The van der Waals surface area contributed by atoms with Crippen LogP contribution in [-0.2, 0) is 14.3 Å². The summed E-state index contributed by atoms with van der Waals surface area (Å²) < 4.78 is 4.15. The van der Waals surface area contributed by atoms with Crippen LogP contribution in [-0.4, -0.2) is 19.4 Å². The molecule has 1 atom stereocenters. The molecule has 0 heterocycles. The largest absolute Gasteiger partial charge is 0.468 e. The summed E-state index contributed by atoms with van der Waals surface area (Å²) in [6.07, 6.45) is 4.71. The fraction of sp³-hybridized carbons (Fsp3) is 0.812. The average Bonchev–Trinajstić information content (AvgIpc) is 2.46. The highest BCUT2D eigenvalue weighted by molar-refractivity contribution is 5.63. The van der Waals surface area contributed by atoms with Gasteiger partial charge in [0.1, 0.15) is 11.7 Å².